The fraction of sp³-hybridized carbons (Fsp3) is 0.714. The predicted octanol–water partition coefficient (Wildman–Crippen LogP) is 0.255. The standard InChI is InChI=1S/C7H15NO3S/c1-4-5-7(11-3)6(2)12(8,9)10/h4,6-7H,1,5H2,2-3H3,(H2,8,9,10)/t6-,7-/m0/s1. The maximum absolute atomic E-state index is 10.9. The van der Waals surface area contributed by atoms with E-state index < -0.39 is 21.4 Å². The van der Waals surface area contributed by atoms with Crippen molar-refractivity contribution in [2.75, 3.05) is 7.11 Å². The first-order valence-corrected chi connectivity index (χ1v) is 5.19. The largest absolute Gasteiger partial charge is 0.380 e. The quantitative estimate of drug-likeness (QED) is 0.636. The number of hydrogen-bond acceptors (Lipinski definition) is 3. The molecule has 0 aliphatic carbocycles. The van der Waals surface area contributed by atoms with Crippen LogP contribution in [0.25, 0.3) is 0 Å². The van der Waals surface area contributed by atoms with Crippen LogP contribution in [0.1, 0.15) is 13.3 Å². The summed E-state index contributed by atoms with van der Waals surface area (Å²) in [7, 11) is -2.05. The van der Waals surface area contributed by atoms with E-state index in [4.69, 9.17) is 9.88 Å². The van der Waals surface area contributed by atoms with Crippen molar-refractivity contribution in [2.24, 2.45) is 5.14 Å². The molecular formula is C7H15NO3S. The Morgan fingerprint density at radius 3 is 2.42 bits per heavy atom. The molecule has 72 valence electrons. The zero-order valence-electron chi connectivity index (χ0n) is 7.36. The molecule has 2 atom stereocenters. The zero-order chi connectivity index (χ0) is 9.78. The van der Waals surface area contributed by atoms with Gasteiger partial charge < -0.3 is 4.74 Å². The van der Waals surface area contributed by atoms with Crippen molar-refractivity contribution in [1.29, 1.82) is 0 Å². The molecule has 0 spiro atoms. The minimum atomic E-state index is -3.51. The Morgan fingerprint density at radius 2 is 2.17 bits per heavy atom. The second-order valence-corrected chi connectivity index (χ2v) is 4.51. The van der Waals surface area contributed by atoms with Gasteiger partial charge in [-0.1, -0.05) is 6.08 Å². The van der Waals surface area contributed by atoms with E-state index >= 15 is 0 Å². The van der Waals surface area contributed by atoms with Crippen molar-refractivity contribution in [3.05, 3.63) is 12.7 Å². The molecule has 0 aromatic rings. The molecule has 4 nitrogen and oxygen atoms in total. The van der Waals surface area contributed by atoms with Gasteiger partial charge in [0.1, 0.15) is 0 Å². The highest BCUT2D eigenvalue weighted by molar-refractivity contribution is 7.89. The van der Waals surface area contributed by atoms with Gasteiger partial charge in [0.2, 0.25) is 10.0 Å². The van der Waals surface area contributed by atoms with Crippen LogP contribution >= 0.6 is 0 Å². The smallest absolute Gasteiger partial charge is 0.214 e. The number of ether oxygens (including phenoxy) is 1. The van der Waals surface area contributed by atoms with Gasteiger partial charge in [0.25, 0.3) is 0 Å². The highest BCUT2D eigenvalue weighted by Crippen LogP contribution is 2.09. The molecule has 0 aromatic heterocycles. The van der Waals surface area contributed by atoms with Crippen molar-refractivity contribution in [2.45, 2.75) is 24.7 Å². The van der Waals surface area contributed by atoms with Gasteiger partial charge in [0.15, 0.2) is 0 Å². The molecule has 2 N–H and O–H groups in total. The average molecular weight is 193 g/mol. The van der Waals surface area contributed by atoms with E-state index in [0.717, 1.165) is 0 Å². The van der Waals surface area contributed by atoms with Crippen LogP contribution in [0.5, 0.6) is 0 Å². The second kappa shape index (κ2) is 4.59. The highest BCUT2D eigenvalue weighted by atomic mass is 32.2. The van der Waals surface area contributed by atoms with Crippen LogP contribution in [0.2, 0.25) is 0 Å². The molecule has 0 radical (unpaired) electrons. The van der Waals surface area contributed by atoms with Crippen molar-refractivity contribution >= 4 is 10.0 Å². The number of sulfonamides is 1. The van der Waals surface area contributed by atoms with Gasteiger partial charge in [-0.2, -0.15) is 0 Å². The molecular weight excluding hydrogens is 178 g/mol. The van der Waals surface area contributed by atoms with E-state index in [1.165, 1.54) is 14.0 Å². The fourth-order valence-corrected chi connectivity index (χ4v) is 1.50. The van der Waals surface area contributed by atoms with Gasteiger partial charge in [-0.3, -0.25) is 0 Å². The molecule has 0 bridgehead atoms. The van der Waals surface area contributed by atoms with Gasteiger partial charge in [-0.25, -0.2) is 13.6 Å². The van der Waals surface area contributed by atoms with Gasteiger partial charge in [0, 0.05) is 7.11 Å². The van der Waals surface area contributed by atoms with Crippen molar-refractivity contribution < 1.29 is 13.2 Å². The summed E-state index contributed by atoms with van der Waals surface area (Å²) in [4.78, 5) is 0. The SMILES string of the molecule is C=CC[C@H](OC)[C@H](C)S(N)(=O)=O. The number of primary sulfonamides is 1. The van der Waals surface area contributed by atoms with E-state index in [1.807, 2.05) is 0 Å². The molecule has 0 saturated heterocycles. The first kappa shape index (κ1) is 11.6. The molecule has 12 heavy (non-hydrogen) atoms. The summed E-state index contributed by atoms with van der Waals surface area (Å²) >= 11 is 0. The third-order valence-corrected chi connectivity index (χ3v) is 3.08. The number of hydrogen-bond donors (Lipinski definition) is 1. The summed E-state index contributed by atoms with van der Waals surface area (Å²) in [6.45, 7) is 5.02. The fourth-order valence-electron chi connectivity index (χ4n) is 0.855. The Labute approximate surface area is 73.5 Å². The summed E-state index contributed by atoms with van der Waals surface area (Å²) in [5.41, 5.74) is 0. The lowest BCUT2D eigenvalue weighted by atomic mass is 10.2. The van der Waals surface area contributed by atoms with Crippen LogP contribution in [-0.2, 0) is 14.8 Å². The normalized spacial score (nSPS) is 16.9. The van der Waals surface area contributed by atoms with Crippen LogP contribution in [0.4, 0.5) is 0 Å². The number of rotatable bonds is 5. The monoisotopic (exact) mass is 193 g/mol. The minimum Gasteiger partial charge on any atom is -0.380 e. The molecule has 0 amide bonds. The molecule has 0 rings (SSSR count). The van der Waals surface area contributed by atoms with E-state index in [9.17, 15) is 8.42 Å². The molecule has 5 heteroatoms. The Balaban J connectivity index is 4.41. The van der Waals surface area contributed by atoms with Gasteiger partial charge >= 0.3 is 0 Å². The predicted molar refractivity (Wildman–Crippen MR) is 48.2 cm³/mol. The minimum absolute atomic E-state index is 0.405. The molecule has 0 aliphatic rings. The van der Waals surface area contributed by atoms with Crippen LogP contribution in [-0.4, -0.2) is 26.9 Å². The average Bonchev–Trinajstić information content (AvgIpc) is 1.97. The molecule has 0 heterocycles. The zero-order valence-corrected chi connectivity index (χ0v) is 8.17. The summed E-state index contributed by atoms with van der Waals surface area (Å²) in [5.74, 6) is 0. The number of methoxy groups -OCH3 is 1. The van der Waals surface area contributed by atoms with Crippen LogP contribution < -0.4 is 5.14 Å². The van der Waals surface area contributed by atoms with Gasteiger partial charge in [-0.05, 0) is 13.3 Å². The first-order valence-electron chi connectivity index (χ1n) is 3.58. The Bertz CT molecular complexity index is 235. The first-order chi connectivity index (χ1) is 5.43. The van der Waals surface area contributed by atoms with E-state index in [-0.39, 0.29) is 0 Å². The summed E-state index contributed by atoms with van der Waals surface area (Å²) < 4.78 is 26.7. The Morgan fingerprint density at radius 1 is 1.67 bits per heavy atom. The lowest BCUT2D eigenvalue weighted by Gasteiger charge is -2.18. The highest BCUT2D eigenvalue weighted by Gasteiger charge is 2.25. The van der Waals surface area contributed by atoms with Crippen molar-refractivity contribution in [3.8, 4) is 0 Å². The van der Waals surface area contributed by atoms with Crippen LogP contribution in [0, 0.1) is 0 Å². The molecule has 0 saturated carbocycles. The summed E-state index contributed by atoms with van der Waals surface area (Å²) in [6.07, 6.45) is 1.68. The molecule has 0 aromatic carbocycles. The maximum Gasteiger partial charge on any atom is 0.214 e. The van der Waals surface area contributed by atoms with Crippen LogP contribution in [0.15, 0.2) is 12.7 Å². The maximum atomic E-state index is 10.9. The van der Waals surface area contributed by atoms with E-state index in [1.54, 1.807) is 6.08 Å². The van der Waals surface area contributed by atoms with Gasteiger partial charge in [0.05, 0.1) is 11.4 Å². The Kier molecular flexibility index (Phi) is 4.44. The summed E-state index contributed by atoms with van der Waals surface area (Å²) in [6, 6.07) is 0. The molecule has 0 unspecified atom stereocenters. The van der Waals surface area contributed by atoms with Crippen LogP contribution in [0.3, 0.4) is 0 Å². The third kappa shape index (κ3) is 3.34. The number of nitrogens with two attached hydrogens (primary N) is 1. The van der Waals surface area contributed by atoms with E-state index in [0.29, 0.717) is 6.42 Å². The third-order valence-electron chi connectivity index (χ3n) is 1.74. The second-order valence-electron chi connectivity index (χ2n) is 2.59. The lowest BCUT2D eigenvalue weighted by molar-refractivity contribution is 0.104. The van der Waals surface area contributed by atoms with Crippen molar-refractivity contribution in [1.82, 2.24) is 0 Å². The molecule has 0 fully saturated rings. The molecule has 0 aliphatic heterocycles. The topological polar surface area (TPSA) is 69.4 Å². The van der Waals surface area contributed by atoms with Crippen molar-refractivity contribution in [3.63, 3.8) is 0 Å². The lowest BCUT2D eigenvalue weighted by Crippen LogP contribution is -2.37. The van der Waals surface area contributed by atoms with Gasteiger partial charge in [-0.15, -0.1) is 6.58 Å². The Hall–Kier alpha value is -0.390. The summed E-state index contributed by atoms with van der Waals surface area (Å²) in [5, 5.41) is 4.25. The van der Waals surface area contributed by atoms with E-state index in [2.05, 4.69) is 6.58 Å².